The number of carbonyl (C=O) groups is 1. The first-order chi connectivity index (χ1) is 13.1. The number of amides is 1. The predicted octanol–water partition coefficient (Wildman–Crippen LogP) is 7.27. The molecule has 2 aromatic rings. The lowest BCUT2D eigenvalue weighted by Gasteiger charge is -2.19. The second-order valence-corrected chi connectivity index (χ2v) is 9.48. The van der Waals surface area contributed by atoms with Gasteiger partial charge < -0.3 is 10.1 Å². The molecule has 1 amide bonds. The van der Waals surface area contributed by atoms with Gasteiger partial charge in [0.2, 0.25) is 0 Å². The molecular formula is C23H25Br2NO2. The molecule has 3 rings (SSSR count). The Morgan fingerprint density at radius 2 is 1.57 bits per heavy atom. The molecule has 0 spiro atoms. The van der Waals surface area contributed by atoms with Crippen molar-refractivity contribution in [1.29, 1.82) is 0 Å². The van der Waals surface area contributed by atoms with Crippen LogP contribution in [0.1, 0.15) is 67.3 Å². The first-order valence-electron chi connectivity index (χ1n) is 9.39. The van der Waals surface area contributed by atoms with Gasteiger partial charge in [-0.05, 0) is 81.2 Å². The Morgan fingerprint density at radius 3 is 2.07 bits per heavy atom. The summed E-state index contributed by atoms with van der Waals surface area (Å²) in [5.74, 6) is 1.51. The van der Waals surface area contributed by atoms with Crippen LogP contribution in [0.2, 0.25) is 0 Å². The van der Waals surface area contributed by atoms with Gasteiger partial charge in [0.05, 0.1) is 12.8 Å². The number of halogens is 2. The Labute approximate surface area is 183 Å². The summed E-state index contributed by atoms with van der Waals surface area (Å²) < 4.78 is 7.59. The van der Waals surface area contributed by atoms with Crippen molar-refractivity contribution in [3.8, 4) is 5.75 Å². The molecule has 28 heavy (non-hydrogen) atoms. The largest absolute Gasteiger partial charge is 0.496 e. The van der Waals surface area contributed by atoms with Crippen LogP contribution < -0.4 is 10.1 Å². The van der Waals surface area contributed by atoms with Gasteiger partial charge in [-0.3, -0.25) is 4.79 Å². The SMILES string of the molecule is COc1c(C(C)C)cc(C=C2C(=O)Nc3c(Br)cc(Br)c(C)c32)cc1C(C)C. The van der Waals surface area contributed by atoms with Crippen molar-refractivity contribution in [2.24, 2.45) is 0 Å². The highest BCUT2D eigenvalue weighted by Gasteiger charge is 2.29. The van der Waals surface area contributed by atoms with Crippen molar-refractivity contribution < 1.29 is 9.53 Å². The quantitative estimate of drug-likeness (QED) is 0.443. The summed E-state index contributed by atoms with van der Waals surface area (Å²) in [6.07, 6.45) is 1.99. The molecule has 0 aromatic heterocycles. The van der Waals surface area contributed by atoms with Gasteiger partial charge in [-0.2, -0.15) is 0 Å². The molecule has 5 heteroatoms. The van der Waals surface area contributed by atoms with Crippen LogP contribution in [-0.2, 0) is 4.79 Å². The highest BCUT2D eigenvalue weighted by atomic mass is 79.9. The summed E-state index contributed by atoms with van der Waals surface area (Å²) in [5.41, 5.74) is 6.84. The Morgan fingerprint density at radius 1 is 1.00 bits per heavy atom. The normalized spacial score (nSPS) is 14.8. The molecule has 2 aromatic carbocycles. The van der Waals surface area contributed by atoms with Gasteiger partial charge in [0.15, 0.2) is 0 Å². The molecule has 0 saturated heterocycles. The van der Waals surface area contributed by atoms with E-state index in [-0.39, 0.29) is 5.91 Å². The second kappa shape index (κ2) is 8.03. The van der Waals surface area contributed by atoms with E-state index in [9.17, 15) is 4.79 Å². The molecule has 0 radical (unpaired) electrons. The summed E-state index contributed by atoms with van der Waals surface area (Å²) in [5, 5.41) is 3.00. The van der Waals surface area contributed by atoms with Crippen LogP contribution in [0.3, 0.4) is 0 Å². The molecule has 0 atom stereocenters. The number of rotatable bonds is 4. The summed E-state index contributed by atoms with van der Waals surface area (Å²) in [7, 11) is 1.73. The third kappa shape index (κ3) is 3.67. The molecule has 1 aliphatic rings. The Kier molecular flexibility index (Phi) is 6.06. The van der Waals surface area contributed by atoms with Gasteiger partial charge in [0, 0.05) is 20.1 Å². The minimum atomic E-state index is -0.0788. The number of nitrogens with one attached hydrogen (secondary N) is 1. The van der Waals surface area contributed by atoms with E-state index in [1.54, 1.807) is 7.11 Å². The van der Waals surface area contributed by atoms with Gasteiger partial charge in [0.25, 0.3) is 5.91 Å². The molecule has 0 unspecified atom stereocenters. The molecule has 148 valence electrons. The van der Waals surface area contributed by atoms with E-state index in [2.05, 4.69) is 77.0 Å². The molecule has 1 heterocycles. The number of benzene rings is 2. The minimum Gasteiger partial charge on any atom is -0.496 e. The summed E-state index contributed by atoms with van der Waals surface area (Å²) in [6, 6.07) is 6.24. The zero-order chi connectivity index (χ0) is 20.7. The first kappa shape index (κ1) is 21.1. The highest BCUT2D eigenvalue weighted by Crippen LogP contribution is 2.44. The van der Waals surface area contributed by atoms with E-state index in [0.717, 1.165) is 48.2 Å². The van der Waals surface area contributed by atoms with Gasteiger partial charge in [-0.15, -0.1) is 0 Å². The van der Waals surface area contributed by atoms with Crippen molar-refractivity contribution in [2.75, 3.05) is 12.4 Å². The van der Waals surface area contributed by atoms with Gasteiger partial charge in [-0.1, -0.05) is 43.6 Å². The Balaban J connectivity index is 2.25. The lowest BCUT2D eigenvalue weighted by Crippen LogP contribution is -2.05. The fraction of sp³-hybridized carbons (Fsp3) is 0.348. The maximum Gasteiger partial charge on any atom is 0.256 e. The third-order valence-electron chi connectivity index (χ3n) is 5.16. The molecule has 3 nitrogen and oxygen atoms in total. The van der Waals surface area contributed by atoms with Crippen LogP contribution in [0.5, 0.6) is 5.75 Å². The number of carbonyl (C=O) groups excluding carboxylic acids is 1. The average molecular weight is 507 g/mol. The van der Waals surface area contributed by atoms with Crippen molar-refractivity contribution in [3.05, 3.63) is 55.0 Å². The monoisotopic (exact) mass is 505 g/mol. The fourth-order valence-corrected chi connectivity index (χ4v) is 4.91. The number of hydrogen-bond donors (Lipinski definition) is 1. The van der Waals surface area contributed by atoms with Gasteiger partial charge in [-0.25, -0.2) is 0 Å². The maximum atomic E-state index is 12.8. The zero-order valence-electron chi connectivity index (χ0n) is 17.0. The van der Waals surface area contributed by atoms with Gasteiger partial charge >= 0.3 is 0 Å². The van der Waals surface area contributed by atoms with E-state index < -0.39 is 0 Å². The van der Waals surface area contributed by atoms with Crippen molar-refractivity contribution in [2.45, 2.75) is 46.5 Å². The van der Waals surface area contributed by atoms with Gasteiger partial charge in [0.1, 0.15) is 5.75 Å². The van der Waals surface area contributed by atoms with E-state index in [0.29, 0.717) is 17.4 Å². The van der Waals surface area contributed by atoms with Crippen LogP contribution in [0.25, 0.3) is 11.6 Å². The third-order valence-corrected chi connectivity index (χ3v) is 6.60. The number of methoxy groups -OCH3 is 1. The maximum absolute atomic E-state index is 12.8. The fourth-order valence-electron chi connectivity index (χ4n) is 3.65. The minimum absolute atomic E-state index is 0.0788. The molecule has 1 aliphatic heterocycles. The molecule has 0 saturated carbocycles. The topological polar surface area (TPSA) is 38.3 Å². The van der Waals surface area contributed by atoms with E-state index in [1.165, 1.54) is 0 Å². The first-order valence-corrected chi connectivity index (χ1v) is 11.0. The summed E-state index contributed by atoms with van der Waals surface area (Å²) >= 11 is 7.16. The molecular weight excluding hydrogens is 482 g/mol. The van der Waals surface area contributed by atoms with E-state index >= 15 is 0 Å². The highest BCUT2D eigenvalue weighted by molar-refractivity contribution is 9.11. The molecule has 1 N–H and O–H groups in total. The van der Waals surface area contributed by atoms with E-state index in [1.807, 2.05) is 19.1 Å². The average Bonchev–Trinajstić information content (AvgIpc) is 2.96. The standard InChI is InChI=1S/C23H25Br2NO2/c1-11(2)15-7-14(8-16(12(3)4)22(15)28-6)9-17-20-13(5)18(24)10-19(25)21(20)26-23(17)27/h7-12H,1-6H3,(H,26,27). The van der Waals surface area contributed by atoms with Crippen LogP contribution in [0.4, 0.5) is 5.69 Å². The second-order valence-electron chi connectivity index (χ2n) is 7.77. The Hall–Kier alpha value is -1.59. The number of ether oxygens (including phenoxy) is 1. The number of hydrogen-bond acceptors (Lipinski definition) is 2. The van der Waals surface area contributed by atoms with Crippen molar-refractivity contribution in [3.63, 3.8) is 0 Å². The lowest BCUT2D eigenvalue weighted by atomic mass is 9.90. The van der Waals surface area contributed by atoms with Crippen LogP contribution >= 0.6 is 31.9 Å². The van der Waals surface area contributed by atoms with Crippen molar-refractivity contribution in [1.82, 2.24) is 0 Å². The van der Waals surface area contributed by atoms with Crippen LogP contribution in [0, 0.1) is 6.92 Å². The smallest absolute Gasteiger partial charge is 0.256 e. The predicted molar refractivity (Wildman–Crippen MR) is 124 cm³/mol. The number of fused-ring (bicyclic) bond motifs is 1. The summed E-state index contributed by atoms with van der Waals surface area (Å²) in [4.78, 5) is 12.8. The summed E-state index contributed by atoms with van der Waals surface area (Å²) in [6.45, 7) is 10.7. The lowest BCUT2D eigenvalue weighted by molar-refractivity contribution is -0.110. The Bertz CT molecular complexity index is 962. The zero-order valence-corrected chi connectivity index (χ0v) is 20.2. The molecule has 0 fully saturated rings. The number of anilines is 1. The molecule has 0 aliphatic carbocycles. The van der Waals surface area contributed by atoms with Crippen molar-refractivity contribution >= 4 is 55.1 Å². The van der Waals surface area contributed by atoms with Crippen LogP contribution in [-0.4, -0.2) is 13.0 Å². The molecule has 0 bridgehead atoms. The van der Waals surface area contributed by atoms with E-state index in [4.69, 9.17) is 4.74 Å². The van der Waals surface area contributed by atoms with Crippen LogP contribution in [0.15, 0.2) is 27.1 Å².